The van der Waals surface area contributed by atoms with Crippen LogP contribution < -0.4 is 0 Å². The molecule has 0 amide bonds. The van der Waals surface area contributed by atoms with Gasteiger partial charge in [0.1, 0.15) is 5.76 Å². The third-order valence-corrected chi connectivity index (χ3v) is 3.20. The Labute approximate surface area is 105 Å². The topological polar surface area (TPSA) is 26.3 Å². The van der Waals surface area contributed by atoms with Gasteiger partial charge in [0.2, 0.25) is 0 Å². The van der Waals surface area contributed by atoms with Crippen LogP contribution in [0.4, 0.5) is 0 Å². The lowest BCUT2D eigenvalue weighted by molar-refractivity contribution is -0.139. The Morgan fingerprint density at radius 1 is 1.06 bits per heavy atom. The quantitative estimate of drug-likeness (QED) is 0.650. The van der Waals surface area contributed by atoms with Gasteiger partial charge in [-0.25, -0.2) is 0 Å². The van der Waals surface area contributed by atoms with Gasteiger partial charge in [0, 0.05) is 12.8 Å². The van der Waals surface area contributed by atoms with Crippen LogP contribution in [0, 0.1) is 0 Å². The summed E-state index contributed by atoms with van der Waals surface area (Å²) < 4.78 is 5.43. The minimum absolute atomic E-state index is 0.0380. The maximum Gasteiger partial charge on any atom is 0.310 e. The molecular weight excluding hydrogens is 212 g/mol. The first kappa shape index (κ1) is 14.3. The van der Waals surface area contributed by atoms with Gasteiger partial charge < -0.3 is 4.74 Å². The van der Waals surface area contributed by atoms with Crippen molar-refractivity contribution in [3.05, 3.63) is 11.8 Å². The second-order valence-electron chi connectivity index (χ2n) is 4.91. The number of hydrogen-bond acceptors (Lipinski definition) is 2. The smallest absolute Gasteiger partial charge is 0.310 e. The average Bonchev–Trinajstić information content (AvgIpc) is 2.32. The zero-order valence-electron chi connectivity index (χ0n) is 11.2. The third kappa shape index (κ3) is 7.19. The molecule has 1 heterocycles. The standard InChI is InChI=1S/C15H26O2/c1-2-11-14-12-9-7-5-3-4-6-8-10-13-15(16)17-14/h12H,2-11,13H2,1H3/b14-12+. The van der Waals surface area contributed by atoms with Crippen molar-refractivity contribution in [2.24, 2.45) is 0 Å². The lowest BCUT2D eigenvalue weighted by Crippen LogP contribution is -2.04. The highest BCUT2D eigenvalue weighted by Crippen LogP contribution is 2.16. The maximum atomic E-state index is 11.6. The number of ether oxygens (including phenoxy) is 1. The lowest BCUT2D eigenvalue weighted by Gasteiger charge is -2.07. The van der Waals surface area contributed by atoms with Crippen molar-refractivity contribution >= 4 is 5.97 Å². The van der Waals surface area contributed by atoms with E-state index in [-0.39, 0.29) is 5.97 Å². The van der Waals surface area contributed by atoms with Gasteiger partial charge in [-0.1, -0.05) is 39.0 Å². The van der Waals surface area contributed by atoms with E-state index in [1.807, 2.05) is 0 Å². The number of hydrogen-bond donors (Lipinski definition) is 0. The predicted octanol–water partition coefficient (Wildman–Crippen LogP) is 4.74. The van der Waals surface area contributed by atoms with Crippen LogP contribution in [0.5, 0.6) is 0 Å². The minimum Gasteiger partial charge on any atom is -0.431 e. The van der Waals surface area contributed by atoms with Crippen molar-refractivity contribution in [2.45, 2.75) is 77.6 Å². The van der Waals surface area contributed by atoms with Crippen LogP contribution in [-0.2, 0) is 9.53 Å². The highest BCUT2D eigenvalue weighted by atomic mass is 16.5. The molecule has 17 heavy (non-hydrogen) atoms. The molecule has 0 saturated heterocycles. The Balaban J connectivity index is 2.46. The summed E-state index contributed by atoms with van der Waals surface area (Å²) in [4.78, 5) is 11.6. The molecule has 0 unspecified atom stereocenters. The summed E-state index contributed by atoms with van der Waals surface area (Å²) in [5, 5.41) is 0. The summed E-state index contributed by atoms with van der Waals surface area (Å²) in [6.07, 6.45) is 14.3. The Hall–Kier alpha value is -0.790. The van der Waals surface area contributed by atoms with Gasteiger partial charge in [-0.15, -0.1) is 0 Å². The second-order valence-corrected chi connectivity index (χ2v) is 4.91. The first-order valence-electron chi connectivity index (χ1n) is 7.22. The van der Waals surface area contributed by atoms with Crippen LogP contribution in [0.2, 0.25) is 0 Å². The summed E-state index contributed by atoms with van der Waals surface area (Å²) in [7, 11) is 0. The molecule has 0 atom stereocenters. The van der Waals surface area contributed by atoms with Crippen molar-refractivity contribution in [3.63, 3.8) is 0 Å². The van der Waals surface area contributed by atoms with E-state index < -0.39 is 0 Å². The fourth-order valence-electron chi connectivity index (χ4n) is 2.20. The van der Waals surface area contributed by atoms with E-state index >= 15 is 0 Å². The number of allylic oxidation sites excluding steroid dienone is 2. The molecule has 0 spiro atoms. The zero-order chi connectivity index (χ0) is 12.3. The Morgan fingerprint density at radius 3 is 2.41 bits per heavy atom. The van der Waals surface area contributed by atoms with Crippen molar-refractivity contribution < 1.29 is 9.53 Å². The molecule has 0 bridgehead atoms. The highest BCUT2D eigenvalue weighted by molar-refractivity contribution is 5.70. The van der Waals surface area contributed by atoms with Crippen molar-refractivity contribution in [2.75, 3.05) is 0 Å². The molecule has 1 aliphatic rings. The molecule has 0 aliphatic carbocycles. The molecule has 1 rings (SSSR count). The fourth-order valence-corrected chi connectivity index (χ4v) is 2.20. The normalized spacial score (nSPS) is 23.6. The van der Waals surface area contributed by atoms with Crippen molar-refractivity contribution in [3.8, 4) is 0 Å². The highest BCUT2D eigenvalue weighted by Gasteiger charge is 2.07. The van der Waals surface area contributed by atoms with Gasteiger partial charge in [0.25, 0.3) is 0 Å². The van der Waals surface area contributed by atoms with Gasteiger partial charge >= 0.3 is 5.97 Å². The van der Waals surface area contributed by atoms with Gasteiger partial charge in [-0.2, -0.15) is 0 Å². The van der Waals surface area contributed by atoms with Crippen LogP contribution in [0.25, 0.3) is 0 Å². The second kappa shape index (κ2) is 9.26. The van der Waals surface area contributed by atoms with Crippen LogP contribution in [0.3, 0.4) is 0 Å². The summed E-state index contributed by atoms with van der Waals surface area (Å²) in [6.45, 7) is 2.12. The molecule has 0 N–H and O–H groups in total. The summed E-state index contributed by atoms with van der Waals surface area (Å²) >= 11 is 0. The van der Waals surface area contributed by atoms with E-state index in [2.05, 4.69) is 13.0 Å². The number of carbonyl (C=O) groups excluding carboxylic acids is 1. The van der Waals surface area contributed by atoms with Gasteiger partial charge in [-0.3, -0.25) is 4.79 Å². The van der Waals surface area contributed by atoms with E-state index in [9.17, 15) is 4.79 Å². The third-order valence-electron chi connectivity index (χ3n) is 3.20. The lowest BCUT2D eigenvalue weighted by atomic mass is 10.1. The first-order chi connectivity index (χ1) is 8.33. The Morgan fingerprint density at radius 2 is 1.71 bits per heavy atom. The Bertz CT molecular complexity index is 243. The van der Waals surface area contributed by atoms with Gasteiger partial charge in [-0.05, 0) is 31.8 Å². The maximum absolute atomic E-state index is 11.6. The summed E-state index contributed by atoms with van der Waals surface area (Å²) in [5.74, 6) is 0.862. The Kier molecular flexibility index (Phi) is 7.78. The molecular formula is C15H26O2. The molecule has 0 aromatic heterocycles. The number of rotatable bonds is 2. The van der Waals surface area contributed by atoms with Crippen LogP contribution >= 0.6 is 0 Å². The van der Waals surface area contributed by atoms with E-state index in [4.69, 9.17) is 4.74 Å². The SMILES string of the molecule is CCC/C1=C\CCCCCCCCCC(=O)O1. The zero-order valence-corrected chi connectivity index (χ0v) is 11.2. The largest absolute Gasteiger partial charge is 0.431 e. The number of esters is 1. The fraction of sp³-hybridized carbons (Fsp3) is 0.800. The average molecular weight is 238 g/mol. The molecule has 0 saturated carbocycles. The monoisotopic (exact) mass is 238 g/mol. The number of carbonyl (C=O) groups is 1. The molecule has 0 aromatic rings. The molecule has 0 fully saturated rings. The molecule has 2 nitrogen and oxygen atoms in total. The van der Waals surface area contributed by atoms with Crippen LogP contribution in [0.15, 0.2) is 11.8 Å². The number of cyclic esters (lactones) is 1. The summed E-state index contributed by atoms with van der Waals surface area (Å²) in [5.41, 5.74) is 0. The van der Waals surface area contributed by atoms with E-state index in [1.54, 1.807) is 0 Å². The van der Waals surface area contributed by atoms with Crippen molar-refractivity contribution in [1.82, 2.24) is 0 Å². The van der Waals surface area contributed by atoms with E-state index in [0.717, 1.165) is 31.4 Å². The van der Waals surface area contributed by atoms with Crippen LogP contribution in [-0.4, -0.2) is 5.97 Å². The van der Waals surface area contributed by atoms with Crippen LogP contribution in [0.1, 0.15) is 77.6 Å². The van der Waals surface area contributed by atoms with E-state index in [0.29, 0.717) is 6.42 Å². The predicted molar refractivity (Wildman–Crippen MR) is 70.6 cm³/mol. The summed E-state index contributed by atoms with van der Waals surface area (Å²) in [6, 6.07) is 0. The molecule has 98 valence electrons. The molecule has 2 heteroatoms. The molecule has 1 aliphatic heterocycles. The minimum atomic E-state index is -0.0380. The first-order valence-corrected chi connectivity index (χ1v) is 7.22. The van der Waals surface area contributed by atoms with Crippen molar-refractivity contribution in [1.29, 1.82) is 0 Å². The molecule has 0 aromatic carbocycles. The van der Waals surface area contributed by atoms with Gasteiger partial charge in [0.15, 0.2) is 0 Å². The molecule has 0 radical (unpaired) electrons. The van der Waals surface area contributed by atoms with E-state index in [1.165, 1.54) is 38.5 Å². The van der Waals surface area contributed by atoms with Gasteiger partial charge in [0.05, 0.1) is 0 Å².